The van der Waals surface area contributed by atoms with Gasteiger partial charge >= 0.3 is 0 Å². The largest absolute Gasteiger partial charge is 0.494 e. The van der Waals surface area contributed by atoms with E-state index in [1.807, 2.05) is 36.4 Å². The van der Waals surface area contributed by atoms with Gasteiger partial charge in [0.05, 0.1) is 17.0 Å². The summed E-state index contributed by atoms with van der Waals surface area (Å²) in [5, 5.41) is 0. The first-order chi connectivity index (χ1) is 9.24. The van der Waals surface area contributed by atoms with Crippen LogP contribution < -0.4 is 16.0 Å². The lowest BCUT2D eigenvalue weighted by molar-refractivity contribution is 0.317. The highest BCUT2D eigenvalue weighted by atomic mass is 35.5. The van der Waals surface area contributed by atoms with Gasteiger partial charge in [0.25, 0.3) is 0 Å². The Hall–Kier alpha value is -1.07. The molecule has 1 aromatic carbocycles. The maximum absolute atomic E-state index is 5.96. The molecule has 0 saturated carbocycles. The summed E-state index contributed by atoms with van der Waals surface area (Å²) < 4.78 is 6.33. The predicted molar refractivity (Wildman–Crippen MR) is 80.7 cm³/mol. The molecular formula is C14H17ClN2OS. The van der Waals surface area contributed by atoms with E-state index in [0.717, 1.165) is 33.6 Å². The number of hydrogen-bond donors (Lipinski definition) is 2. The molecule has 1 atom stereocenters. The van der Waals surface area contributed by atoms with Crippen molar-refractivity contribution < 1.29 is 4.74 Å². The summed E-state index contributed by atoms with van der Waals surface area (Å²) in [5.74, 6) is 6.53. The summed E-state index contributed by atoms with van der Waals surface area (Å²) in [6, 6.07) is 11.8. The van der Waals surface area contributed by atoms with Crippen molar-refractivity contribution in [2.24, 2.45) is 5.84 Å². The molecule has 0 radical (unpaired) electrons. The number of rotatable bonds is 6. The summed E-state index contributed by atoms with van der Waals surface area (Å²) in [6.45, 7) is 2.82. The Bertz CT molecular complexity index is 512. The molecule has 2 rings (SSSR count). The lowest BCUT2D eigenvalue weighted by atomic mass is 10.1. The number of halogens is 1. The van der Waals surface area contributed by atoms with Gasteiger partial charge in [-0.25, -0.2) is 5.43 Å². The lowest BCUT2D eigenvalue weighted by Crippen LogP contribution is -2.28. The van der Waals surface area contributed by atoms with Gasteiger partial charge in [0.1, 0.15) is 5.75 Å². The van der Waals surface area contributed by atoms with Crippen LogP contribution >= 0.6 is 22.9 Å². The maximum atomic E-state index is 5.96. The average Bonchev–Trinajstić information content (AvgIpc) is 2.85. The minimum Gasteiger partial charge on any atom is -0.494 e. The first kappa shape index (κ1) is 14.3. The van der Waals surface area contributed by atoms with Gasteiger partial charge in [-0.05, 0) is 36.2 Å². The predicted octanol–water partition coefficient (Wildman–Crippen LogP) is 3.74. The number of hydrazine groups is 1. The summed E-state index contributed by atoms with van der Waals surface area (Å²) in [7, 11) is 0. The van der Waals surface area contributed by atoms with Crippen LogP contribution in [-0.2, 0) is 0 Å². The Kier molecular flexibility index (Phi) is 5.22. The molecule has 5 heteroatoms. The number of ether oxygens (including phenoxy) is 1. The molecular weight excluding hydrogens is 280 g/mol. The molecule has 19 heavy (non-hydrogen) atoms. The van der Waals surface area contributed by atoms with Gasteiger partial charge in [-0.1, -0.05) is 30.7 Å². The molecule has 0 aliphatic rings. The summed E-state index contributed by atoms with van der Waals surface area (Å²) >= 11 is 7.49. The van der Waals surface area contributed by atoms with E-state index in [0.29, 0.717) is 0 Å². The van der Waals surface area contributed by atoms with Crippen LogP contribution in [0.25, 0.3) is 0 Å². The van der Waals surface area contributed by atoms with E-state index in [1.54, 1.807) is 0 Å². The van der Waals surface area contributed by atoms with Crippen LogP contribution in [0.3, 0.4) is 0 Å². The Balaban J connectivity index is 2.15. The Morgan fingerprint density at radius 2 is 2.00 bits per heavy atom. The second-order valence-corrected chi connectivity index (χ2v) is 5.91. The fourth-order valence-corrected chi connectivity index (χ4v) is 2.95. The number of hydrogen-bond acceptors (Lipinski definition) is 4. The van der Waals surface area contributed by atoms with Crippen LogP contribution in [-0.4, -0.2) is 6.61 Å². The third-order valence-corrected chi connectivity index (χ3v) is 4.03. The zero-order valence-corrected chi connectivity index (χ0v) is 12.3. The summed E-state index contributed by atoms with van der Waals surface area (Å²) in [6.07, 6.45) is 1.00. The van der Waals surface area contributed by atoms with Crippen molar-refractivity contribution in [2.45, 2.75) is 19.4 Å². The highest BCUT2D eigenvalue weighted by Gasteiger charge is 2.14. The van der Waals surface area contributed by atoms with Crippen molar-refractivity contribution in [3.8, 4) is 5.75 Å². The smallest absolute Gasteiger partial charge is 0.119 e. The third kappa shape index (κ3) is 3.70. The van der Waals surface area contributed by atoms with Crippen LogP contribution in [0.1, 0.15) is 29.8 Å². The van der Waals surface area contributed by atoms with Crippen LogP contribution in [0.5, 0.6) is 5.75 Å². The molecule has 1 unspecified atom stereocenters. The number of thiophene rings is 1. The topological polar surface area (TPSA) is 47.3 Å². The van der Waals surface area contributed by atoms with Crippen LogP contribution in [0.2, 0.25) is 4.34 Å². The van der Waals surface area contributed by atoms with Gasteiger partial charge in [-0.2, -0.15) is 0 Å². The molecule has 0 aliphatic heterocycles. The lowest BCUT2D eigenvalue weighted by Gasteiger charge is -2.15. The van der Waals surface area contributed by atoms with E-state index < -0.39 is 0 Å². The van der Waals surface area contributed by atoms with Gasteiger partial charge < -0.3 is 4.74 Å². The first-order valence-electron chi connectivity index (χ1n) is 6.18. The molecule has 3 N–H and O–H groups in total. The number of nitrogens with two attached hydrogens (primary N) is 1. The number of benzene rings is 1. The van der Waals surface area contributed by atoms with Gasteiger partial charge in [0.15, 0.2) is 0 Å². The van der Waals surface area contributed by atoms with E-state index in [2.05, 4.69) is 12.3 Å². The molecule has 0 bridgehead atoms. The Morgan fingerprint density at radius 1 is 1.26 bits per heavy atom. The van der Waals surface area contributed by atoms with E-state index >= 15 is 0 Å². The normalized spacial score (nSPS) is 12.4. The summed E-state index contributed by atoms with van der Waals surface area (Å²) in [4.78, 5) is 1.09. The zero-order chi connectivity index (χ0) is 13.7. The van der Waals surface area contributed by atoms with Gasteiger partial charge in [-0.15, -0.1) is 11.3 Å². The molecule has 0 aliphatic carbocycles. The van der Waals surface area contributed by atoms with Crippen LogP contribution in [0.4, 0.5) is 0 Å². The van der Waals surface area contributed by atoms with Gasteiger partial charge in [0, 0.05) is 4.88 Å². The molecule has 102 valence electrons. The maximum Gasteiger partial charge on any atom is 0.119 e. The van der Waals surface area contributed by atoms with Gasteiger partial charge in [-0.3, -0.25) is 5.84 Å². The Labute approximate surface area is 122 Å². The molecule has 1 aromatic heterocycles. The van der Waals surface area contributed by atoms with Crippen LogP contribution in [0.15, 0.2) is 36.4 Å². The highest BCUT2D eigenvalue weighted by molar-refractivity contribution is 7.16. The zero-order valence-electron chi connectivity index (χ0n) is 10.7. The third-order valence-electron chi connectivity index (χ3n) is 2.73. The molecule has 0 amide bonds. The van der Waals surface area contributed by atoms with Crippen molar-refractivity contribution >= 4 is 22.9 Å². The number of nitrogens with one attached hydrogen (secondary N) is 1. The monoisotopic (exact) mass is 296 g/mol. The molecule has 0 saturated heterocycles. The van der Waals surface area contributed by atoms with Crippen LogP contribution in [0, 0.1) is 0 Å². The molecule has 3 nitrogen and oxygen atoms in total. The van der Waals surface area contributed by atoms with Crippen molar-refractivity contribution in [3.05, 3.63) is 51.2 Å². The molecule has 2 aromatic rings. The van der Waals surface area contributed by atoms with Crippen molar-refractivity contribution in [3.63, 3.8) is 0 Å². The standard InChI is InChI=1S/C14H17ClN2OS/c1-2-9-18-11-5-3-10(4-6-11)14(17-16)12-7-8-13(15)19-12/h3-8,14,17H,2,9,16H2,1H3. The van der Waals surface area contributed by atoms with E-state index in [-0.39, 0.29) is 6.04 Å². The quantitative estimate of drug-likeness (QED) is 0.630. The average molecular weight is 297 g/mol. The molecule has 1 heterocycles. The van der Waals surface area contributed by atoms with Crippen molar-refractivity contribution in [2.75, 3.05) is 6.61 Å². The van der Waals surface area contributed by atoms with E-state index in [9.17, 15) is 0 Å². The fraction of sp³-hybridized carbons (Fsp3) is 0.286. The van der Waals surface area contributed by atoms with E-state index in [1.165, 1.54) is 11.3 Å². The minimum absolute atomic E-state index is 0.0438. The molecule has 0 fully saturated rings. The van der Waals surface area contributed by atoms with Crippen molar-refractivity contribution in [1.29, 1.82) is 0 Å². The van der Waals surface area contributed by atoms with Gasteiger partial charge in [0.2, 0.25) is 0 Å². The first-order valence-corrected chi connectivity index (χ1v) is 7.38. The summed E-state index contributed by atoms with van der Waals surface area (Å²) in [5.41, 5.74) is 3.91. The second-order valence-electron chi connectivity index (χ2n) is 4.16. The Morgan fingerprint density at radius 3 is 2.53 bits per heavy atom. The molecule has 0 spiro atoms. The second kappa shape index (κ2) is 6.91. The van der Waals surface area contributed by atoms with Crippen molar-refractivity contribution in [1.82, 2.24) is 5.43 Å². The van der Waals surface area contributed by atoms with E-state index in [4.69, 9.17) is 22.2 Å². The highest BCUT2D eigenvalue weighted by Crippen LogP contribution is 2.31. The minimum atomic E-state index is -0.0438. The fourth-order valence-electron chi connectivity index (χ4n) is 1.80. The SMILES string of the molecule is CCCOc1ccc(C(NN)c2ccc(Cl)s2)cc1.